The van der Waals surface area contributed by atoms with Crippen LogP contribution in [0.2, 0.25) is 0 Å². The van der Waals surface area contributed by atoms with Crippen molar-refractivity contribution in [2.45, 2.75) is 12.1 Å². The van der Waals surface area contributed by atoms with Gasteiger partial charge in [0.05, 0.1) is 18.6 Å². The fraction of sp³-hybridized carbons (Fsp3) is 0.250. The van der Waals surface area contributed by atoms with Gasteiger partial charge in [-0.25, -0.2) is 4.39 Å². The summed E-state index contributed by atoms with van der Waals surface area (Å²) in [5, 5.41) is 9.55. The highest BCUT2D eigenvalue weighted by Crippen LogP contribution is 2.29. The summed E-state index contributed by atoms with van der Waals surface area (Å²) in [6.07, 6.45) is 0. The number of hydrogen-bond donors (Lipinski definition) is 0. The summed E-state index contributed by atoms with van der Waals surface area (Å²) < 4.78 is 21.4. The second kappa shape index (κ2) is 11.0. The molecular formula is C28H28FN5O2S. The Bertz CT molecular complexity index is 1370. The number of ether oxygens (including phenoxy) is 1. The van der Waals surface area contributed by atoms with E-state index in [4.69, 9.17) is 4.74 Å². The molecule has 0 atom stereocenters. The third kappa shape index (κ3) is 5.46. The number of aromatic nitrogens is 3. The van der Waals surface area contributed by atoms with Gasteiger partial charge in [-0.1, -0.05) is 53.7 Å². The van der Waals surface area contributed by atoms with E-state index in [0.29, 0.717) is 42.8 Å². The Morgan fingerprint density at radius 2 is 1.65 bits per heavy atom. The SMILES string of the molecule is COc1ccc(-n2c(SCC(=O)N3CCN(c4ccccc4F)CC3)nnc2-c2ccc(C)cc2)cc1. The molecule has 4 aromatic rings. The van der Waals surface area contributed by atoms with E-state index < -0.39 is 0 Å². The minimum atomic E-state index is -0.236. The van der Waals surface area contributed by atoms with Crippen molar-refractivity contribution in [2.24, 2.45) is 0 Å². The van der Waals surface area contributed by atoms with E-state index in [1.807, 2.05) is 75.9 Å². The first-order valence-electron chi connectivity index (χ1n) is 12.1. The molecule has 0 N–H and O–H groups in total. The molecule has 37 heavy (non-hydrogen) atoms. The average Bonchev–Trinajstić information content (AvgIpc) is 3.36. The standard InChI is InChI=1S/C28H28FN5O2S/c1-20-7-9-21(10-8-20)27-30-31-28(34(27)22-11-13-23(36-2)14-12-22)37-19-26(35)33-17-15-32(16-18-33)25-6-4-3-5-24(25)29/h3-14H,15-19H2,1-2H3. The molecule has 1 aliphatic heterocycles. The highest BCUT2D eigenvalue weighted by Gasteiger charge is 2.24. The van der Waals surface area contributed by atoms with E-state index >= 15 is 0 Å². The van der Waals surface area contributed by atoms with Gasteiger partial charge in [-0.2, -0.15) is 0 Å². The van der Waals surface area contributed by atoms with Gasteiger partial charge in [-0.3, -0.25) is 9.36 Å². The lowest BCUT2D eigenvalue weighted by Gasteiger charge is -2.36. The van der Waals surface area contributed by atoms with E-state index in [1.54, 1.807) is 19.2 Å². The third-order valence-electron chi connectivity index (χ3n) is 6.42. The van der Waals surface area contributed by atoms with Crippen LogP contribution in [0.3, 0.4) is 0 Å². The Kier molecular flexibility index (Phi) is 7.41. The quantitative estimate of drug-likeness (QED) is 0.327. The van der Waals surface area contributed by atoms with Crippen molar-refractivity contribution < 1.29 is 13.9 Å². The van der Waals surface area contributed by atoms with E-state index in [9.17, 15) is 9.18 Å². The first-order valence-corrected chi connectivity index (χ1v) is 13.1. The van der Waals surface area contributed by atoms with Gasteiger partial charge in [0.25, 0.3) is 0 Å². The average molecular weight is 518 g/mol. The second-order valence-corrected chi connectivity index (χ2v) is 9.76. The molecule has 1 saturated heterocycles. The molecule has 1 amide bonds. The molecular weight excluding hydrogens is 489 g/mol. The predicted octanol–water partition coefficient (Wildman–Crippen LogP) is 4.83. The molecule has 0 spiro atoms. The molecule has 1 aliphatic rings. The summed E-state index contributed by atoms with van der Waals surface area (Å²) in [6.45, 7) is 4.33. The number of piperazine rings is 1. The van der Waals surface area contributed by atoms with Crippen LogP contribution in [0.1, 0.15) is 5.56 Å². The summed E-state index contributed by atoms with van der Waals surface area (Å²) in [5.74, 6) is 1.49. The highest BCUT2D eigenvalue weighted by molar-refractivity contribution is 7.99. The number of thioether (sulfide) groups is 1. The molecule has 3 aromatic carbocycles. The molecule has 7 nitrogen and oxygen atoms in total. The first-order chi connectivity index (χ1) is 18.0. The van der Waals surface area contributed by atoms with Crippen LogP contribution >= 0.6 is 11.8 Å². The van der Waals surface area contributed by atoms with Gasteiger partial charge in [0, 0.05) is 37.4 Å². The number of anilines is 1. The number of halogens is 1. The molecule has 190 valence electrons. The number of para-hydroxylation sites is 1. The number of carbonyl (C=O) groups is 1. The van der Waals surface area contributed by atoms with E-state index in [2.05, 4.69) is 10.2 Å². The number of rotatable bonds is 7. The molecule has 0 aliphatic carbocycles. The molecule has 0 bridgehead atoms. The van der Waals surface area contributed by atoms with Crippen molar-refractivity contribution in [3.8, 4) is 22.8 Å². The van der Waals surface area contributed by atoms with E-state index in [1.165, 1.54) is 17.8 Å². The van der Waals surface area contributed by atoms with Crippen molar-refractivity contribution in [3.63, 3.8) is 0 Å². The number of carbonyl (C=O) groups excluding carboxylic acids is 1. The normalized spacial score (nSPS) is 13.6. The van der Waals surface area contributed by atoms with Gasteiger partial charge in [0.15, 0.2) is 11.0 Å². The number of aryl methyl sites for hydroxylation is 1. The highest BCUT2D eigenvalue weighted by atomic mass is 32.2. The predicted molar refractivity (Wildman–Crippen MR) is 144 cm³/mol. The Balaban J connectivity index is 1.31. The summed E-state index contributed by atoms with van der Waals surface area (Å²) in [5.41, 5.74) is 3.57. The lowest BCUT2D eigenvalue weighted by atomic mass is 10.1. The molecule has 0 unspecified atom stereocenters. The van der Waals surface area contributed by atoms with Crippen LogP contribution in [-0.2, 0) is 4.79 Å². The molecule has 0 radical (unpaired) electrons. The molecule has 1 fully saturated rings. The van der Waals surface area contributed by atoms with Crippen molar-refractivity contribution in [1.29, 1.82) is 0 Å². The maximum absolute atomic E-state index is 14.2. The number of hydrogen-bond acceptors (Lipinski definition) is 6. The molecule has 1 aromatic heterocycles. The van der Waals surface area contributed by atoms with Gasteiger partial charge in [0.1, 0.15) is 11.6 Å². The topological polar surface area (TPSA) is 63.5 Å². The second-order valence-electron chi connectivity index (χ2n) is 8.81. The molecule has 2 heterocycles. The van der Waals surface area contributed by atoms with Crippen LogP contribution in [0, 0.1) is 12.7 Å². The maximum Gasteiger partial charge on any atom is 0.233 e. The zero-order valence-electron chi connectivity index (χ0n) is 20.8. The fourth-order valence-corrected chi connectivity index (χ4v) is 5.19. The summed E-state index contributed by atoms with van der Waals surface area (Å²) >= 11 is 1.37. The van der Waals surface area contributed by atoms with Crippen LogP contribution in [0.15, 0.2) is 78.0 Å². The van der Waals surface area contributed by atoms with Gasteiger partial charge >= 0.3 is 0 Å². The smallest absolute Gasteiger partial charge is 0.233 e. The summed E-state index contributed by atoms with van der Waals surface area (Å²) in [7, 11) is 1.63. The number of methoxy groups -OCH3 is 1. The lowest BCUT2D eigenvalue weighted by molar-refractivity contribution is -0.128. The van der Waals surface area contributed by atoms with Gasteiger partial charge in [-0.15, -0.1) is 10.2 Å². The Morgan fingerprint density at radius 3 is 2.32 bits per heavy atom. The van der Waals surface area contributed by atoms with Gasteiger partial charge in [-0.05, 0) is 43.3 Å². The van der Waals surface area contributed by atoms with Crippen molar-refractivity contribution >= 4 is 23.4 Å². The molecule has 5 rings (SSSR count). The number of amides is 1. The first kappa shape index (κ1) is 24.8. The summed E-state index contributed by atoms with van der Waals surface area (Å²) in [6, 6.07) is 22.6. The monoisotopic (exact) mass is 517 g/mol. The van der Waals surface area contributed by atoms with Crippen LogP contribution in [-0.4, -0.2) is 64.6 Å². The van der Waals surface area contributed by atoms with Crippen LogP contribution in [0.4, 0.5) is 10.1 Å². The van der Waals surface area contributed by atoms with E-state index in [0.717, 1.165) is 22.6 Å². The number of benzene rings is 3. The van der Waals surface area contributed by atoms with Crippen molar-refractivity contribution in [3.05, 3.63) is 84.2 Å². The Hall–Kier alpha value is -3.85. The van der Waals surface area contributed by atoms with Crippen LogP contribution in [0.5, 0.6) is 5.75 Å². The van der Waals surface area contributed by atoms with Crippen molar-refractivity contribution in [1.82, 2.24) is 19.7 Å². The maximum atomic E-state index is 14.2. The molecule has 9 heteroatoms. The zero-order valence-corrected chi connectivity index (χ0v) is 21.6. The number of nitrogens with zero attached hydrogens (tertiary/aromatic N) is 5. The zero-order chi connectivity index (χ0) is 25.8. The minimum absolute atomic E-state index is 0.0272. The fourth-order valence-electron chi connectivity index (χ4n) is 4.34. The summed E-state index contributed by atoms with van der Waals surface area (Å²) in [4.78, 5) is 16.9. The van der Waals surface area contributed by atoms with Crippen LogP contribution in [0.25, 0.3) is 17.1 Å². The third-order valence-corrected chi connectivity index (χ3v) is 7.34. The van der Waals surface area contributed by atoms with E-state index in [-0.39, 0.29) is 17.5 Å². The lowest BCUT2D eigenvalue weighted by Crippen LogP contribution is -2.49. The minimum Gasteiger partial charge on any atom is -0.497 e. The van der Waals surface area contributed by atoms with Crippen molar-refractivity contribution in [2.75, 3.05) is 43.9 Å². The van der Waals surface area contributed by atoms with Gasteiger partial charge < -0.3 is 14.5 Å². The largest absolute Gasteiger partial charge is 0.497 e. The Morgan fingerprint density at radius 1 is 0.946 bits per heavy atom. The van der Waals surface area contributed by atoms with Crippen LogP contribution < -0.4 is 9.64 Å². The van der Waals surface area contributed by atoms with Gasteiger partial charge in [0.2, 0.25) is 5.91 Å². The molecule has 0 saturated carbocycles. The Labute approximate surface area is 219 Å².